The molecule has 1 fully saturated rings. The predicted octanol–water partition coefficient (Wildman–Crippen LogP) is 2.45. The van der Waals surface area contributed by atoms with Crippen molar-refractivity contribution in [3.8, 4) is 6.01 Å². The summed E-state index contributed by atoms with van der Waals surface area (Å²) in [6.45, 7) is 7.65. The lowest BCUT2D eigenvalue weighted by Crippen LogP contribution is -2.42. The van der Waals surface area contributed by atoms with E-state index in [4.69, 9.17) is 4.74 Å². The molecule has 0 saturated heterocycles. The van der Waals surface area contributed by atoms with Gasteiger partial charge < -0.3 is 15.4 Å². The maximum Gasteiger partial charge on any atom is 0.323 e. The van der Waals surface area contributed by atoms with E-state index in [0.717, 1.165) is 25.8 Å². The molecule has 0 unspecified atom stereocenters. The van der Waals surface area contributed by atoms with E-state index in [9.17, 15) is 0 Å². The lowest BCUT2D eigenvalue weighted by atomic mass is 9.79. The van der Waals surface area contributed by atoms with Crippen molar-refractivity contribution in [1.29, 1.82) is 0 Å². The van der Waals surface area contributed by atoms with Crippen LogP contribution in [-0.2, 0) is 0 Å². The summed E-state index contributed by atoms with van der Waals surface area (Å²) in [5.41, 5.74) is 0.118. The molecule has 0 aromatic carbocycles. The number of aromatic nitrogens is 3. The SMILES string of the molecule is CCCOc1nc(NCC)nc(NC2(C)CCC2)n1. The van der Waals surface area contributed by atoms with Gasteiger partial charge in [0.2, 0.25) is 11.9 Å². The molecule has 6 heteroatoms. The fraction of sp³-hybridized carbons (Fsp3) is 0.769. The largest absolute Gasteiger partial charge is 0.463 e. The molecule has 0 aliphatic heterocycles. The zero-order valence-corrected chi connectivity index (χ0v) is 12.0. The number of nitrogens with zero attached hydrogens (tertiary/aromatic N) is 3. The topological polar surface area (TPSA) is 72.0 Å². The molecule has 2 rings (SSSR count). The summed E-state index contributed by atoms with van der Waals surface area (Å²) < 4.78 is 5.51. The van der Waals surface area contributed by atoms with E-state index >= 15 is 0 Å². The summed E-state index contributed by atoms with van der Waals surface area (Å²) in [4.78, 5) is 12.9. The molecule has 0 amide bonds. The molecule has 1 saturated carbocycles. The summed E-state index contributed by atoms with van der Waals surface area (Å²) >= 11 is 0. The molecular weight excluding hydrogens is 242 g/mol. The normalized spacial score (nSPS) is 16.6. The van der Waals surface area contributed by atoms with Gasteiger partial charge in [0.25, 0.3) is 0 Å². The van der Waals surface area contributed by atoms with E-state index in [1.807, 2.05) is 6.92 Å². The van der Waals surface area contributed by atoms with Crippen molar-refractivity contribution in [3.05, 3.63) is 0 Å². The third-order valence-corrected chi connectivity index (χ3v) is 3.26. The molecule has 0 radical (unpaired) electrons. The van der Waals surface area contributed by atoms with Gasteiger partial charge in [-0.25, -0.2) is 0 Å². The van der Waals surface area contributed by atoms with Crippen molar-refractivity contribution < 1.29 is 4.74 Å². The van der Waals surface area contributed by atoms with Gasteiger partial charge in [0.15, 0.2) is 0 Å². The molecular formula is C13H23N5O. The second kappa shape index (κ2) is 6.04. The maximum absolute atomic E-state index is 5.51. The van der Waals surface area contributed by atoms with Crippen molar-refractivity contribution in [1.82, 2.24) is 15.0 Å². The summed E-state index contributed by atoms with van der Waals surface area (Å²) in [7, 11) is 0. The van der Waals surface area contributed by atoms with Crippen LogP contribution >= 0.6 is 0 Å². The van der Waals surface area contributed by atoms with Crippen LogP contribution in [-0.4, -0.2) is 33.6 Å². The highest BCUT2D eigenvalue weighted by Gasteiger charge is 2.32. The molecule has 0 bridgehead atoms. The second-order valence-electron chi connectivity index (χ2n) is 5.18. The van der Waals surface area contributed by atoms with Gasteiger partial charge in [0.05, 0.1) is 6.61 Å². The Morgan fingerprint density at radius 2 is 1.89 bits per heavy atom. The molecule has 2 N–H and O–H groups in total. The summed E-state index contributed by atoms with van der Waals surface area (Å²) in [6.07, 6.45) is 4.50. The molecule has 1 heterocycles. The fourth-order valence-electron chi connectivity index (χ4n) is 2.01. The summed E-state index contributed by atoms with van der Waals surface area (Å²) in [6, 6.07) is 0.387. The first-order valence-corrected chi connectivity index (χ1v) is 7.06. The van der Waals surface area contributed by atoms with E-state index in [-0.39, 0.29) is 5.54 Å². The van der Waals surface area contributed by atoms with Crippen molar-refractivity contribution in [2.24, 2.45) is 0 Å². The van der Waals surface area contributed by atoms with Crippen LogP contribution in [0.4, 0.5) is 11.9 Å². The Kier molecular flexibility index (Phi) is 4.39. The van der Waals surface area contributed by atoms with Crippen LogP contribution in [0.5, 0.6) is 6.01 Å². The van der Waals surface area contributed by atoms with E-state index < -0.39 is 0 Å². The van der Waals surface area contributed by atoms with Crippen molar-refractivity contribution in [2.75, 3.05) is 23.8 Å². The molecule has 0 atom stereocenters. The molecule has 106 valence electrons. The minimum absolute atomic E-state index is 0.118. The fourth-order valence-corrected chi connectivity index (χ4v) is 2.01. The predicted molar refractivity (Wildman–Crippen MR) is 75.7 cm³/mol. The van der Waals surface area contributed by atoms with E-state index in [2.05, 4.69) is 39.4 Å². The molecule has 0 spiro atoms. The van der Waals surface area contributed by atoms with Crippen molar-refractivity contribution >= 4 is 11.9 Å². The minimum Gasteiger partial charge on any atom is -0.463 e. The maximum atomic E-state index is 5.51. The molecule has 19 heavy (non-hydrogen) atoms. The lowest BCUT2D eigenvalue weighted by molar-refractivity contribution is 0.288. The Balaban J connectivity index is 2.13. The smallest absolute Gasteiger partial charge is 0.323 e. The number of nitrogens with one attached hydrogen (secondary N) is 2. The molecule has 1 aliphatic rings. The van der Waals surface area contributed by atoms with Crippen LogP contribution in [0.25, 0.3) is 0 Å². The van der Waals surface area contributed by atoms with Crippen molar-refractivity contribution in [3.63, 3.8) is 0 Å². The first-order valence-electron chi connectivity index (χ1n) is 7.06. The van der Waals surface area contributed by atoms with Crippen molar-refractivity contribution in [2.45, 2.75) is 52.0 Å². The quantitative estimate of drug-likeness (QED) is 0.789. The summed E-state index contributed by atoms with van der Waals surface area (Å²) in [5, 5.41) is 6.49. The number of anilines is 2. The Bertz CT molecular complexity index is 419. The Labute approximate surface area is 114 Å². The first-order chi connectivity index (χ1) is 9.15. The van der Waals surface area contributed by atoms with Crippen LogP contribution in [0.3, 0.4) is 0 Å². The minimum atomic E-state index is 0.118. The van der Waals surface area contributed by atoms with E-state index in [0.29, 0.717) is 24.5 Å². The van der Waals surface area contributed by atoms with Gasteiger partial charge in [-0.15, -0.1) is 0 Å². The van der Waals surface area contributed by atoms with E-state index in [1.165, 1.54) is 6.42 Å². The van der Waals surface area contributed by atoms with Crippen LogP contribution in [0.1, 0.15) is 46.5 Å². The Hall–Kier alpha value is -1.59. The molecule has 6 nitrogen and oxygen atoms in total. The van der Waals surface area contributed by atoms with Gasteiger partial charge in [-0.1, -0.05) is 6.92 Å². The third kappa shape index (κ3) is 3.68. The third-order valence-electron chi connectivity index (χ3n) is 3.26. The molecule has 1 aromatic rings. The zero-order chi connectivity index (χ0) is 13.7. The van der Waals surface area contributed by atoms with Gasteiger partial charge in [-0.05, 0) is 39.5 Å². The van der Waals surface area contributed by atoms with Crippen LogP contribution in [0.15, 0.2) is 0 Å². The second-order valence-corrected chi connectivity index (χ2v) is 5.18. The average Bonchev–Trinajstić information content (AvgIpc) is 2.35. The number of hydrogen-bond acceptors (Lipinski definition) is 6. The highest BCUT2D eigenvalue weighted by atomic mass is 16.5. The highest BCUT2D eigenvalue weighted by molar-refractivity contribution is 5.38. The van der Waals surface area contributed by atoms with Gasteiger partial charge >= 0.3 is 6.01 Å². The van der Waals surface area contributed by atoms with E-state index in [1.54, 1.807) is 0 Å². The monoisotopic (exact) mass is 265 g/mol. The number of ether oxygens (including phenoxy) is 1. The Morgan fingerprint density at radius 1 is 1.16 bits per heavy atom. The van der Waals surface area contributed by atoms with Gasteiger partial charge in [0.1, 0.15) is 0 Å². The first kappa shape index (κ1) is 13.8. The number of rotatable bonds is 7. The summed E-state index contributed by atoms with van der Waals surface area (Å²) in [5.74, 6) is 1.16. The Morgan fingerprint density at radius 3 is 2.47 bits per heavy atom. The van der Waals surface area contributed by atoms with Gasteiger partial charge in [0, 0.05) is 12.1 Å². The lowest BCUT2D eigenvalue weighted by Gasteiger charge is -2.39. The van der Waals surface area contributed by atoms with Gasteiger partial charge in [-0.2, -0.15) is 15.0 Å². The zero-order valence-electron chi connectivity index (χ0n) is 12.0. The average molecular weight is 265 g/mol. The number of hydrogen-bond donors (Lipinski definition) is 2. The van der Waals surface area contributed by atoms with Gasteiger partial charge in [-0.3, -0.25) is 0 Å². The highest BCUT2D eigenvalue weighted by Crippen LogP contribution is 2.34. The molecule has 1 aromatic heterocycles. The van der Waals surface area contributed by atoms with Crippen LogP contribution in [0.2, 0.25) is 0 Å². The molecule has 1 aliphatic carbocycles. The van der Waals surface area contributed by atoms with Crippen LogP contribution in [0, 0.1) is 0 Å². The van der Waals surface area contributed by atoms with Crippen LogP contribution < -0.4 is 15.4 Å². The standard InChI is InChI=1S/C13H23N5O/c1-4-9-19-12-16-10(14-5-2)15-11(17-12)18-13(3)7-6-8-13/h4-9H2,1-3H3,(H2,14,15,16,17,18).